The van der Waals surface area contributed by atoms with Crippen molar-refractivity contribution in [1.29, 1.82) is 0 Å². The predicted octanol–water partition coefficient (Wildman–Crippen LogP) is 2.67. The van der Waals surface area contributed by atoms with Crippen LogP contribution in [-0.4, -0.2) is 27.1 Å². The number of thioether (sulfide) groups is 1. The van der Waals surface area contributed by atoms with Crippen LogP contribution in [-0.2, 0) is 4.79 Å². The Morgan fingerprint density at radius 3 is 2.91 bits per heavy atom. The van der Waals surface area contributed by atoms with Crippen molar-refractivity contribution in [2.75, 3.05) is 0 Å². The third-order valence-electron chi connectivity index (χ3n) is 2.96. The Kier molecular flexibility index (Phi) is 4.20. The van der Waals surface area contributed by atoms with Gasteiger partial charge in [-0.2, -0.15) is 0 Å². The van der Waals surface area contributed by atoms with E-state index in [4.69, 9.17) is 5.11 Å². The number of carboxylic acid groups (broad SMARTS) is 1. The van der Waals surface area contributed by atoms with Crippen LogP contribution >= 0.6 is 11.8 Å². The number of aromatic carboxylic acids is 1. The maximum absolute atomic E-state index is 12.0. The third-order valence-corrected chi connectivity index (χ3v) is 3.87. The Balaban J connectivity index is 1.83. The minimum Gasteiger partial charge on any atom is -0.478 e. The van der Waals surface area contributed by atoms with Crippen LogP contribution in [0.25, 0.3) is 6.08 Å². The van der Waals surface area contributed by atoms with Gasteiger partial charge in [-0.1, -0.05) is 12.1 Å². The number of nitrogens with zero attached hydrogens (tertiary/aromatic N) is 2. The quantitative estimate of drug-likeness (QED) is 0.847. The molecule has 1 amide bonds. The summed E-state index contributed by atoms with van der Waals surface area (Å²) < 4.78 is 0. The summed E-state index contributed by atoms with van der Waals surface area (Å²) in [6, 6.07) is 9.85. The van der Waals surface area contributed by atoms with E-state index in [0.717, 1.165) is 5.56 Å². The number of benzene rings is 1. The van der Waals surface area contributed by atoms with Crippen LogP contribution in [0, 0.1) is 0 Å². The largest absolute Gasteiger partial charge is 0.478 e. The highest BCUT2D eigenvalue weighted by Gasteiger charge is 2.23. The molecule has 0 atom stereocenters. The first-order valence-corrected chi connectivity index (χ1v) is 7.46. The lowest BCUT2D eigenvalue weighted by molar-refractivity contribution is -0.115. The van der Waals surface area contributed by atoms with Gasteiger partial charge in [-0.05, 0) is 47.7 Å². The maximum atomic E-state index is 12.0. The van der Waals surface area contributed by atoms with Crippen molar-refractivity contribution in [3.63, 3.8) is 0 Å². The molecule has 0 unspecified atom stereocenters. The molecule has 2 N–H and O–H groups in total. The molecule has 0 bridgehead atoms. The van der Waals surface area contributed by atoms with Gasteiger partial charge >= 0.3 is 5.97 Å². The van der Waals surface area contributed by atoms with Gasteiger partial charge in [0.25, 0.3) is 5.91 Å². The van der Waals surface area contributed by atoms with Crippen LogP contribution in [0.3, 0.4) is 0 Å². The van der Waals surface area contributed by atoms with Gasteiger partial charge in [0.2, 0.25) is 0 Å². The molecule has 3 rings (SSSR count). The van der Waals surface area contributed by atoms with Crippen LogP contribution < -0.4 is 5.32 Å². The molecule has 2 heterocycles. The van der Waals surface area contributed by atoms with Crippen molar-refractivity contribution in [2.24, 2.45) is 4.99 Å². The summed E-state index contributed by atoms with van der Waals surface area (Å²) in [5, 5.41) is 12.0. The molecule has 1 aromatic carbocycles. The number of amides is 1. The summed E-state index contributed by atoms with van der Waals surface area (Å²) in [4.78, 5) is 31.7. The van der Waals surface area contributed by atoms with Gasteiger partial charge < -0.3 is 10.4 Å². The highest BCUT2D eigenvalue weighted by molar-refractivity contribution is 8.18. The molecule has 7 heteroatoms. The van der Waals surface area contributed by atoms with E-state index in [1.54, 1.807) is 36.7 Å². The molecule has 1 aliphatic rings. The number of hydrogen-bond donors (Lipinski definition) is 2. The van der Waals surface area contributed by atoms with Crippen LogP contribution in [0.2, 0.25) is 0 Å². The lowest BCUT2D eigenvalue weighted by atomic mass is 10.2. The molecule has 0 saturated carbocycles. The number of nitrogens with one attached hydrogen (secondary N) is 1. The topological polar surface area (TPSA) is 91.7 Å². The normalized spacial score (nSPS) is 17.5. The third kappa shape index (κ3) is 3.64. The van der Waals surface area contributed by atoms with Crippen LogP contribution in [0.15, 0.2) is 58.7 Å². The number of carbonyl (C=O) groups is 2. The molecule has 2 aromatic rings. The minimum atomic E-state index is -1.02. The summed E-state index contributed by atoms with van der Waals surface area (Å²) in [5.74, 6) is -1.26. The molecule has 1 aliphatic heterocycles. The highest BCUT2D eigenvalue weighted by atomic mass is 32.2. The molecule has 0 aliphatic carbocycles. The number of hydrogen-bond acceptors (Lipinski definition) is 5. The maximum Gasteiger partial charge on any atom is 0.335 e. The van der Waals surface area contributed by atoms with Crippen molar-refractivity contribution in [2.45, 2.75) is 0 Å². The summed E-state index contributed by atoms with van der Waals surface area (Å²) >= 11 is 1.20. The summed E-state index contributed by atoms with van der Waals surface area (Å²) in [6.07, 6.45) is 5.04. The summed E-state index contributed by atoms with van der Waals surface area (Å²) in [5.41, 5.74) is 1.43. The lowest BCUT2D eigenvalue weighted by Crippen LogP contribution is -2.19. The molecule has 0 spiro atoms. The van der Waals surface area contributed by atoms with Crippen molar-refractivity contribution < 1.29 is 14.7 Å². The molecule has 1 saturated heterocycles. The van der Waals surface area contributed by atoms with Gasteiger partial charge in [-0.3, -0.25) is 9.78 Å². The van der Waals surface area contributed by atoms with Crippen molar-refractivity contribution in [3.8, 4) is 0 Å². The number of aromatic nitrogens is 1. The van der Waals surface area contributed by atoms with Gasteiger partial charge in [0.1, 0.15) is 0 Å². The smallest absolute Gasteiger partial charge is 0.335 e. The summed E-state index contributed by atoms with van der Waals surface area (Å²) in [6.45, 7) is 0. The first-order chi connectivity index (χ1) is 11.1. The monoisotopic (exact) mass is 325 g/mol. The minimum absolute atomic E-state index is 0.146. The Morgan fingerprint density at radius 2 is 2.17 bits per heavy atom. The van der Waals surface area contributed by atoms with E-state index in [0.29, 0.717) is 15.8 Å². The fourth-order valence-corrected chi connectivity index (χ4v) is 2.76. The molecule has 1 fully saturated rings. The molecule has 0 radical (unpaired) electrons. The first kappa shape index (κ1) is 15.0. The lowest BCUT2D eigenvalue weighted by Gasteiger charge is -1.98. The fourth-order valence-electron chi connectivity index (χ4n) is 1.92. The van der Waals surface area contributed by atoms with Crippen molar-refractivity contribution in [3.05, 3.63) is 64.8 Å². The zero-order valence-corrected chi connectivity index (χ0v) is 12.6. The fraction of sp³-hybridized carbons (Fsp3) is 0. The zero-order valence-electron chi connectivity index (χ0n) is 11.8. The van der Waals surface area contributed by atoms with Crippen LogP contribution in [0.1, 0.15) is 15.9 Å². The standard InChI is InChI=1S/C16H11N3O3S/c20-14-13(7-10-3-2-6-17-9-10)23-16(19-14)18-12-5-1-4-11(8-12)15(21)22/h1-9H,(H,21,22)(H,18,19,20)/b13-7-. The summed E-state index contributed by atoms with van der Waals surface area (Å²) in [7, 11) is 0. The number of amidine groups is 1. The molecule has 1 aromatic heterocycles. The highest BCUT2D eigenvalue weighted by Crippen LogP contribution is 2.28. The van der Waals surface area contributed by atoms with E-state index in [9.17, 15) is 9.59 Å². The van der Waals surface area contributed by atoms with Gasteiger partial charge in [-0.25, -0.2) is 9.79 Å². The molecular weight excluding hydrogens is 314 g/mol. The second kappa shape index (κ2) is 6.45. The van der Waals surface area contributed by atoms with Gasteiger partial charge in [-0.15, -0.1) is 0 Å². The Morgan fingerprint density at radius 1 is 1.30 bits per heavy atom. The van der Waals surface area contributed by atoms with Gasteiger partial charge in [0.15, 0.2) is 5.17 Å². The SMILES string of the molecule is O=C1NC(=Nc2cccc(C(=O)O)c2)S/C1=C\c1cccnc1. The van der Waals surface area contributed by atoms with E-state index in [-0.39, 0.29) is 11.5 Å². The number of carboxylic acids is 1. The average molecular weight is 325 g/mol. The number of pyridine rings is 1. The second-order valence-corrected chi connectivity index (χ2v) is 5.65. The molecule has 6 nitrogen and oxygen atoms in total. The van der Waals surface area contributed by atoms with E-state index in [2.05, 4.69) is 15.3 Å². The van der Waals surface area contributed by atoms with Gasteiger partial charge in [0, 0.05) is 12.4 Å². The molecular formula is C16H11N3O3S. The van der Waals surface area contributed by atoms with E-state index in [1.165, 1.54) is 23.9 Å². The number of carbonyl (C=O) groups excluding carboxylic acids is 1. The molecule has 23 heavy (non-hydrogen) atoms. The van der Waals surface area contributed by atoms with E-state index < -0.39 is 5.97 Å². The number of aliphatic imine (C=N–C) groups is 1. The van der Waals surface area contributed by atoms with Crippen LogP contribution in [0.5, 0.6) is 0 Å². The van der Waals surface area contributed by atoms with Crippen molar-refractivity contribution in [1.82, 2.24) is 10.3 Å². The predicted molar refractivity (Wildman–Crippen MR) is 88.4 cm³/mol. The van der Waals surface area contributed by atoms with Crippen molar-refractivity contribution >= 4 is 40.6 Å². The zero-order chi connectivity index (χ0) is 16.2. The van der Waals surface area contributed by atoms with E-state index in [1.807, 2.05) is 6.07 Å². The second-order valence-electron chi connectivity index (χ2n) is 4.62. The van der Waals surface area contributed by atoms with E-state index >= 15 is 0 Å². The number of rotatable bonds is 3. The Hall–Kier alpha value is -2.93. The Bertz CT molecular complexity index is 831. The Labute approximate surface area is 136 Å². The van der Waals surface area contributed by atoms with Crippen LogP contribution in [0.4, 0.5) is 5.69 Å². The molecule has 114 valence electrons. The van der Waals surface area contributed by atoms with Gasteiger partial charge in [0.05, 0.1) is 16.2 Å². The first-order valence-electron chi connectivity index (χ1n) is 6.65. The average Bonchev–Trinajstić information content (AvgIpc) is 2.88.